The highest BCUT2D eigenvalue weighted by Gasteiger charge is 2.19. The van der Waals surface area contributed by atoms with Gasteiger partial charge in [-0.1, -0.05) is 33.1 Å². The Kier molecular flexibility index (Phi) is 9.79. The predicted molar refractivity (Wildman–Crippen MR) is 117 cm³/mol. The molecule has 2 rings (SSSR count). The number of nitrogens with zero attached hydrogens (tertiary/aromatic N) is 3. The molecule has 168 valence electrons. The largest absolute Gasteiger partial charge is 0.385 e. The zero-order chi connectivity index (χ0) is 21.9. The summed E-state index contributed by atoms with van der Waals surface area (Å²) in [4.78, 5) is 44.3. The van der Waals surface area contributed by atoms with E-state index in [0.29, 0.717) is 49.7 Å². The Hall–Kier alpha value is -2.42. The first-order valence-electron chi connectivity index (χ1n) is 11.0. The number of carbonyl (C=O) groups is 1. The summed E-state index contributed by atoms with van der Waals surface area (Å²) in [5.74, 6) is 0.616. The number of nitrogens with one attached hydrogen (secondary N) is 2. The summed E-state index contributed by atoms with van der Waals surface area (Å²) in [6.07, 6.45) is 6.21. The van der Waals surface area contributed by atoms with E-state index in [2.05, 4.69) is 22.2 Å². The summed E-state index contributed by atoms with van der Waals surface area (Å²) >= 11 is 0. The number of imidazole rings is 1. The Bertz CT molecular complexity index is 928. The predicted octanol–water partition coefficient (Wildman–Crippen LogP) is 1.96. The summed E-state index contributed by atoms with van der Waals surface area (Å²) in [6.45, 7) is 6.49. The molecule has 0 saturated carbocycles. The summed E-state index contributed by atoms with van der Waals surface area (Å²) in [6, 6.07) is 0. The van der Waals surface area contributed by atoms with Gasteiger partial charge in [0.1, 0.15) is 5.82 Å². The van der Waals surface area contributed by atoms with Gasteiger partial charge in [0.15, 0.2) is 11.2 Å². The quantitative estimate of drug-likeness (QED) is 0.453. The number of aromatic nitrogens is 4. The fourth-order valence-electron chi connectivity index (χ4n) is 3.45. The van der Waals surface area contributed by atoms with E-state index in [-0.39, 0.29) is 12.3 Å². The number of aromatic amines is 1. The second kappa shape index (κ2) is 12.3. The molecule has 30 heavy (non-hydrogen) atoms. The Morgan fingerprint density at radius 3 is 2.50 bits per heavy atom. The molecule has 0 bridgehead atoms. The van der Waals surface area contributed by atoms with Crippen molar-refractivity contribution in [3.8, 4) is 0 Å². The minimum absolute atomic E-state index is 0.0597. The minimum atomic E-state index is -0.429. The van der Waals surface area contributed by atoms with Crippen LogP contribution in [0.5, 0.6) is 0 Å². The first-order valence-corrected chi connectivity index (χ1v) is 11.0. The number of aryl methyl sites for hydroxylation is 3. The summed E-state index contributed by atoms with van der Waals surface area (Å²) in [5.41, 5.74) is 0.00474. The lowest BCUT2D eigenvalue weighted by Gasteiger charge is -2.09. The minimum Gasteiger partial charge on any atom is -0.385 e. The second-order valence-corrected chi connectivity index (χ2v) is 7.52. The Labute approximate surface area is 176 Å². The molecule has 0 radical (unpaired) electrons. The number of hydrogen-bond acceptors (Lipinski definition) is 5. The average Bonchev–Trinajstić information content (AvgIpc) is 3.08. The number of H-pyrrole nitrogens is 1. The summed E-state index contributed by atoms with van der Waals surface area (Å²) in [7, 11) is 1.63. The van der Waals surface area contributed by atoms with E-state index < -0.39 is 11.2 Å². The molecule has 0 atom stereocenters. The standard InChI is InChI=1S/C21H35N5O4/c1-4-6-8-14-25-16(10-11-17(27)22-12-9-15-30-3)23-19-18(25)20(28)24-21(29)26(19)13-7-5-2/h4-15H2,1-3H3,(H,22,27)(H,24,28,29). The number of fused-ring (bicyclic) bond motifs is 1. The van der Waals surface area contributed by atoms with Crippen LogP contribution in [0.15, 0.2) is 9.59 Å². The van der Waals surface area contributed by atoms with Crippen LogP contribution in [0.3, 0.4) is 0 Å². The van der Waals surface area contributed by atoms with E-state index in [4.69, 9.17) is 4.74 Å². The van der Waals surface area contributed by atoms with Crippen LogP contribution >= 0.6 is 0 Å². The fraction of sp³-hybridized carbons (Fsp3) is 0.714. The lowest BCUT2D eigenvalue weighted by atomic mass is 10.2. The maximum atomic E-state index is 12.6. The summed E-state index contributed by atoms with van der Waals surface area (Å²) < 4.78 is 8.42. The van der Waals surface area contributed by atoms with Crippen molar-refractivity contribution < 1.29 is 9.53 Å². The third-order valence-corrected chi connectivity index (χ3v) is 5.11. The maximum absolute atomic E-state index is 12.6. The van der Waals surface area contributed by atoms with Crippen molar-refractivity contribution in [3.63, 3.8) is 0 Å². The molecule has 0 aliphatic heterocycles. The Morgan fingerprint density at radius 1 is 1.07 bits per heavy atom. The van der Waals surface area contributed by atoms with Crippen LogP contribution in [0.2, 0.25) is 0 Å². The smallest absolute Gasteiger partial charge is 0.330 e. The molecule has 0 spiro atoms. The van der Waals surface area contributed by atoms with Gasteiger partial charge in [-0.3, -0.25) is 19.1 Å². The molecule has 2 heterocycles. The molecule has 1 amide bonds. The van der Waals surface area contributed by atoms with Gasteiger partial charge in [-0.25, -0.2) is 9.78 Å². The number of methoxy groups -OCH3 is 1. The third-order valence-electron chi connectivity index (χ3n) is 5.11. The Balaban J connectivity index is 2.30. The molecule has 0 aliphatic rings. The maximum Gasteiger partial charge on any atom is 0.330 e. The molecule has 9 heteroatoms. The normalized spacial score (nSPS) is 11.3. The first kappa shape index (κ1) is 23.9. The number of hydrogen-bond donors (Lipinski definition) is 2. The zero-order valence-corrected chi connectivity index (χ0v) is 18.5. The van der Waals surface area contributed by atoms with Crippen molar-refractivity contribution in [1.29, 1.82) is 0 Å². The van der Waals surface area contributed by atoms with Crippen molar-refractivity contribution in [1.82, 2.24) is 24.4 Å². The number of ether oxygens (including phenoxy) is 1. The molecule has 0 aliphatic carbocycles. The van der Waals surface area contributed by atoms with Gasteiger partial charge in [0.2, 0.25) is 5.91 Å². The van der Waals surface area contributed by atoms with Crippen LogP contribution in [-0.4, -0.2) is 45.3 Å². The molecule has 0 aromatic carbocycles. The molecular weight excluding hydrogens is 386 g/mol. The van der Waals surface area contributed by atoms with Crippen LogP contribution in [-0.2, 0) is 29.0 Å². The van der Waals surface area contributed by atoms with E-state index in [9.17, 15) is 14.4 Å². The molecule has 2 N–H and O–H groups in total. The van der Waals surface area contributed by atoms with Gasteiger partial charge in [0, 0.05) is 46.2 Å². The monoisotopic (exact) mass is 421 g/mol. The van der Waals surface area contributed by atoms with Gasteiger partial charge in [-0.05, 0) is 19.3 Å². The first-order chi connectivity index (χ1) is 14.5. The van der Waals surface area contributed by atoms with Crippen LogP contribution in [0.25, 0.3) is 11.2 Å². The van der Waals surface area contributed by atoms with Crippen molar-refractivity contribution >= 4 is 17.1 Å². The summed E-state index contributed by atoms with van der Waals surface area (Å²) in [5, 5.41) is 2.87. The van der Waals surface area contributed by atoms with E-state index in [1.165, 1.54) is 0 Å². The number of carbonyl (C=O) groups excluding carboxylic acids is 1. The number of rotatable bonds is 14. The van der Waals surface area contributed by atoms with E-state index in [1.54, 1.807) is 11.7 Å². The average molecular weight is 422 g/mol. The second-order valence-electron chi connectivity index (χ2n) is 7.52. The molecule has 2 aromatic heterocycles. The van der Waals surface area contributed by atoms with Crippen molar-refractivity contribution in [2.24, 2.45) is 0 Å². The van der Waals surface area contributed by atoms with Crippen molar-refractivity contribution in [2.45, 2.75) is 78.3 Å². The molecule has 0 fully saturated rings. The Morgan fingerprint density at radius 2 is 1.80 bits per heavy atom. The molecule has 9 nitrogen and oxygen atoms in total. The molecular formula is C21H35N5O4. The van der Waals surface area contributed by atoms with E-state index >= 15 is 0 Å². The zero-order valence-electron chi connectivity index (χ0n) is 18.5. The topological polar surface area (TPSA) is 111 Å². The fourth-order valence-corrected chi connectivity index (χ4v) is 3.45. The van der Waals surface area contributed by atoms with E-state index in [1.807, 2.05) is 11.5 Å². The molecule has 0 saturated heterocycles. The van der Waals surface area contributed by atoms with Crippen LogP contribution in [0.4, 0.5) is 0 Å². The van der Waals surface area contributed by atoms with E-state index in [0.717, 1.165) is 38.5 Å². The lowest BCUT2D eigenvalue weighted by molar-refractivity contribution is -0.121. The number of amides is 1. The van der Waals surface area contributed by atoms with Crippen LogP contribution in [0, 0.1) is 0 Å². The molecule has 0 unspecified atom stereocenters. The third kappa shape index (κ3) is 6.29. The highest BCUT2D eigenvalue weighted by Crippen LogP contribution is 2.15. The van der Waals surface area contributed by atoms with Crippen molar-refractivity contribution in [3.05, 3.63) is 26.7 Å². The van der Waals surface area contributed by atoms with Gasteiger partial charge in [-0.2, -0.15) is 0 Å². The van der Waals surface area contributed by atoms with Gasteiger partial charge >= 0.3 is 5.69 Å². The van der Waals surface area contributed by atoms with Gasteiger partial charge in [-0.15, -0.1) is 0 Å². The van der Waals surface area contributed by atoms with Crippen molar-refractivity contribution in [2.75, 3.05) is 20.3 Å². The van der Waals surface area contributed by atoms with Crippen LogP contribution in [0.1, 0.15) is 64.6 Å². The SMILES string of the molecule is CCCCCn1c(CCC(=O)NCCCOC)nc2c1c(=O)[nH]c(=O)n2CCCC. The number of unbranched alkanes of at least 4 members (excludes halogenated alkanes) is 3. The highest BCUT2D eigenvalue weighted by atomic mass is 16.5. The lowest BCUT2D eigenvalue weighted by Crippen LogP contribution is -2.31. The van der Waals surface area contributed by atoms with Gasteiger partial charge in [0.25, 0.3) is 5.56 Å². The highest BCUT2D eigenvalue weighted by molar-refractivity contribution is 5.76. The van der Waals surface area contributed by atoms with Gasteiger partial charge < -0.3 is 14.6 Å². The molecule has 2 aromatic rings. The van der Waals surface area contributed by atoms with Crippen LogP contribution < -0.4 is 16.6 Å². The van der Waals surface area contributed by atoms with Gasteiger partial charge in [0.05, 0.1) is 0 Å².